The molecule has 0 heterocycles. The van der Waals surface area contributed by atoms with Crippen molar-refractivity contribution in [2.45, 2.75) is 31.8 Å². The largest absolute Gasteiger partial charge is 0.481 e. The van der Waals surface area contributed by atoms with Crippen molar-refractivity contribution < 1.29 is 19.8 Å². The number of carboxylic acid groups (broad SMARTS) is 1. The Morgan fingerprint density at radius 3 is 2.45 bits per heavy atom. The van der Waals surface area contributed by atoms with Crippen molar-refractivity contribution >= 4 is 11.9 Å². The van der Waals surface area contributed by atoms with Gasteiger partial charge in [-0.05, 0) is 31.1 Å². The molecular weight excluding hydrogens is 258 g/mol. The number of fused-ring (bicyclic) bond motifs is 2. The van der Waals surface area contributed by atoms with Crippen molar-refractivity contribution in [3.63, 3.8) is 0 Å². The second kappa shape index (κ2) is 5.20. The summed E-state index contributed by atoms with van der Waals surface area (Å²) in [7, 11) is 0. The zero-order valence-electron chi connectivity index (χ0n) is 11.4. The summed E-state index contributed by atoms with van der Waals surface area (Å²) in [6, 6.07) is 0. The van der Waals surface area contributed by atoms with Gasteiger partial charge < -0.3 is 15.5 Å². The lowest BCUT2D eigenvalue weighted by Crippen LogP contribution is -2.42. The molecule has 0 aromatic rings. The molecular formula is C15H21NO4. The Bertz CT molecular complexity index is 447. The van der Waals surface area contributed by atoms with Gasteiger partial charge in [0.15, 0.2) is 0 Å². The molecule has 2 saturated carbocycles. The number of carbonyl (C=O) groups is 2. The number of rotatable bonds is 4. The van der Waals surface area contributed by atoms with E-state index >= 15 is 0 Å². The lowest BCUT2D eigenvalue weighted by atomic mass is 9.82. The van der Waals surface area contributed by atoms with Gasteiger partial charge >= 0.3 is 5.97 Å². The average Bonchev–Trinajstić information content (AvgIpc) is 3.10. The number of hydrogen-bond donors (Lipinski definition) is 3. The molecule has 5 nitrogen and oxygen atoms in total. The first-order chi connectivity index (χ1) is 9.58. The maximum atomic E-state index is 12.3. The van der Waals surface area contributed by atoms with E-state index in [0.29, 0.717) is 6.54 Å². The molecule has 20 heavy (non-hydrogen) atoms. The lowest BCUT2D eigenvalue weighted by molar-refractivity contribution is -0.147. The van der Waals surface area contributed by atoms with Gasteiger partial charge in [0.05, 0.1) is 17.9 Å². The van der Waals surface area contributed by atoms with E-state index in [-0.39, 0.29) is 29.8 Å². The van der Waals surface area contributed by atoms with Crippen molar-refractivity contribution in [1.82, 2.24) is 5.32 Å². The van der Waals surface area contributed by atoms with Crippen LogP contribution in [0.3, 0.4) is 0 Å². The fourth-order valence-corrected chi connectivity index (χ4v) is 4.12. The number of nitrogens with one attached hydrogen (secondary N) is 1. The SMILES string of the molecule is O=C(O)[C@@H]1C2C=CC(C2)[C@@H]1C(=O)NCC1CCCC1O. The maximum Gasteiger partial charge on any atom is 0.307 e. The third-order valence-electron chi connectivity index (χ3n) is 5.20. The minimum Gasteiger partial charge on any atom is -0.481 e. The Kier molecular flexibility index (Phi) is 3.54. The van der Waals surface area contributed by atoms with Crippen LogP contribution in [0, 0.1) is 29.6 Å². The predicted molar refractivity (Wildman–Crippen MR) is 71.7 cm³/mol. The number of amides is 1. The molecule has 0 saturated heterocycles. The highest BCUT2D eigenvalue weighted by Crippen LogP contribution is 2.48. The van der Waals surface area contributed by atoms with E-state index in [9.17, 15) is 19.8 Å². The van der Waals surface area contributed by atoms with Crippen LogP contribution in [0.15, 0.2) is 12.2 Å². The zero-order chi connectivity index (χ0) is 14.3. The van der Waals surface area contributed by atoms with Gasteiger partial charge in [-0.2, -0.15) is 0 Å². The smallest absolute Gasteiger partial charge is 0.307 e. The number of carbonyl (C=O) groups excluding carboxylic acids is 1. The molecule has 0 spiro atoms. The van der Waals surface area contributed by atoms with Crippen LogP contribution in [0.5, 0.6) is 0 Å². The monoisotopic (exact) mass is 279 g/mol. The number of aliphatic hydroxyl groups excluding tert-OH is 1. The van der Waals surface area contributed by atoms with Crippen LogP contribution in [0.4, 0.5) is 0 Å². The Labute approximate surface area is 118 Å². The Morgan fingerprint density at radius 1 is 1.15 bits per heavy atom. The number of aliphatic hydroxyl groups is 1. The molecule has 0 radical (unpaired) electrons. The van der Waals surface area contributed by atoms with Crippen molar-refractivity contribution in [3.05, 3.63) is 12.2 Å². The molecule has 0 aromatic carbocycles. The Hall–Kier alpha value is -1.36. The van der Waals surface area contributed by atoms with E-state index in [1.165, 1.54) is 0 Å². The quantitative estimate of drug-likeness (QED) is 0.664. The van der Waals surface area contributed by atoms with E-state index in [1.54, 1.807) is 0 Å². The summed E-state index contributed by atoms with van der Waals surface area (Å²) in [4.78, 5) is 23.7. The first kappa shape index (κ1) is 13.6. The summed E-state index contributed by atoms with van der Waals surface area (Å²) in [5.74, 6) is -1.87. The van der Waals surface area contributed by atoms with E-state index in [0.717, 1.165) is 25.7 Å². The molecule has 6 atom stereocenters. The van der Waals surface area contributed by atoms with Gasteiger partial charge in [0.1, 0.15) is 0 Å². The van der Waals surface area contributed by atoms with Crippen molar-refractivity contribution in [2.24, 2.45) is 29.6 Å². The molecule has 0 aromatic heterocycles. The predicted octanol–water partition coefficient (Wildman–Crippen LogP) is 0.786. The van der Waals surface area contributed by atoms with E-state index in [4.69, 9.17) is 0 Å². The molecule has 1 amide bonds. The summed E-state index contributed by atoms with van der Waals surface area (Å²) >= 11 is 0. The van der Waals surface area contributed by atoms with E-state index in [1.807, 2.05) is 12.2 Å². The zero-order valence-corrected chi connectivity index (χ0v) is 11.4. The summed E-state index contributed by atoms with van der Waals surface area (Å²) in [5.41, 5.74) is 0. The normalized spacial score (nSPS) is 42.0. The third-order valence-corrected chi connectivity index (χ3v) is 5.20. The van der Waals surface area contributed by atoms with E-state index in [2.05, 4.69) is 5.32 Å². The van der Waals surface area contributed by atoms with E-state index < -0.39 is 17.8 Å². The minimum atomic E-state index is -0.872. The highest BCUT2D eigenvalue weighted by atomic mass is 16.4. The van der Waals surface area contributed by atoms with Crippen LogP contribution in [-0.2, 0) is 9.59 Å². The number of allylic oxidation sites excluding steroid dienone is 2. The number of aliphatic carboxylic acids is 1. The lowest BCUT2D eigenvalue weighted by Gasteiger charge is -2.25. The Balaban J connectivity index is 1.61. The molecule has 110 valence electrons. The highest BCUT2D eigenvalue weighted by Gasteiger charge is 2.51. The molecule has 3 aliphatic rings. The summed E-state index contributed by atoms with van der Waals surface area (Å²) in [6.07, 6.45) is 7.10. The minimum absolute atomic E-state index is 0.00493. The standard InChI is InChI=1S/C15H21NO4/c17-11-3-1-2-10(11)7-16-14(18)12-8-4-5-9(6-8)13(12)15(19)20/h4-5,8-13,17H,1-3,6-7H2,(H,16,18)(H,19,20)/t8?,9?,10?,11?,12-,13+/m0/s1. The van der Waals surface area contributed by atoms with Crippen LogP contribution < -0.4 is 5.32 Å². The van der Waals surface area contributed by atoms with Gasteiger partial charge in [0, 0.05) is 12.5 Å². The van der Waals surface area contributed by atoms with Crippen LogP contribution in [-0.4, -0.2) is 34.7 Å². The summed E-state index contributed by atoms with van der Waals surface area (Å²) in [5, 5.41) is 21.9. The topological polar surface area (TPSA) is 86.6 Å². The van der Waals surface area contributed by atoms with Gasteiger partial charge in [0.25, 0.3) is 0 Å². The first-order valence-corrected chi connectivity index (χ1v) is 7.45. The maximum absolute atomic E-state index is 12.3. The van der Waals surface area contributed by atoms with Gasteiger partial charge in [-0.1, -0.05) is 18.6 Å². The molecule has 4 unspecified atom stereocenters. The van der Waals surface area contributed by atoms with Crippen LogP contribution >= 0.6 is 0 Å². The van der Waals surface area contributed by atoms with Gasteiger partial charge in [-0.3, -0.25) is 9.59 Å². The summed E-state index contributed by atoms with van der Waals surface area (Å²) < 4.78 is 0. The molecule has 0 aliphatic heterocycles. The first-order valence-electron chi connectivity index (χ1n) is 7.45. The van der Waals surface area contributed by atoms with Gasteiger partial charge in [0.2, 0.25) is 5.91 Å². The molecule has 3 aliphatic carbocycles. The summed E-state index contributed by atoms with van der Waals surface area (Å²) in [6.45, 7) is 0.462. The van der Waals surface area contributed by atoms with Gasteiger partial charge in [-0.25, -0.2) is 0 Å². The van der Waals surface area contributed by atoms with Crippen LogP contribution in [0.1, 0.15) is 25.7 Å². The Morgan fingerprint density at radius 2 is 1.85 bits per heavy atom. The fraction of sp³-hybridized carbons (Fsp3) is 0.733. The van der Waals surface area contributed by atoms with Crippen molar-refractivity contribution in [1.29, 1.82) is 0 Å². The molecule has 2 fully saturated rings. The van der Waals surface area contributed by atoms with Crippen molar-refractivity contribution in [2.75, 3.05) is 6.54 Å². The average molecular weight is 279 g/mol. The van der Waals surface area contributed by atoms with Gasteiger partial charge in [-0.15, -0.1) is 0 Å². The van der Waals surface area contributed by atoms with Crippen molar-refractivity contribution in [3.8, 4) is 0 Å². The molecule has 3 rings (SSSR count). The highest BCUT2D eigenvalue weighted by molar-refractivity contribution is 5.86. The van der Waals surface area contributed by atoms with Crippen LogP contribution in [0.25, 0.3) is 0 Å². The van der Waals surface area contributed by atoms with Crippen LogP contribution in [0.2, 0.25) is 0 Å². The second-order valence-corrected chi connectivity index (χ2v) is 6.34. The number of carboxylic acids is 1. The third kappa shape index (κ3) is 2.24. The molecule has 3 N–H and O–H groups in total. The molecule has 5 heteroatoms. The number of hydrogen-bond acceptors (Lipinski definition) is 3. The fourth-order valence-electron chi connectivity index (χ4n) is 4.12. The second-order valence-electron chi connectivity index (χ2n) is 6.34. The molecule has 2 bridgehead atoms.